The van der Waals surface area contributed by atoms with Crippen molar-refractivity contribution in [1.29, 1.82) is 0 Å². The second-order valence-electron chi connectivity index (χ2n) is 8.82. The average molecular weight is 400 g/mol. The van der Waals surface area contributed by atoms with E-state index in [1.807, 2.05) is 30.9 Å². The first-order valence-corrected chi connectivity index (χ1v) is 10.8. The molecule has 6 rings (SSSR count). The van der Waals surface area contributed by atoms with Gasteiger partial charge in [-0.15, -0.1) is 0 Å². The maximum atomic E-state index is 4.96. The lowest BCUT2D eigenvalue weighted by Gasteiger charge is -2.36. The second kappa shape index (κ2) is 6.93. The lowest BCUT2D eigenvalue weighted by molar-refractivity contribution is 0.398. The largest absolute Gasteiger partial charge is 0.340 e. The van der Waals surface area contributed by atoms with Gasteiger partial charge < -0.3 is 4.90 Å². The summed E-state index contributed by atoms with van der Waals surface area (Å²) in [6.07, 6.45) is 13.7. The van der Waals surface area contributed by atoms with Crippen LogP contribution < -0.4 is 4.90 Å². The molecule has 0 amide bonds. The van der Waals surface area contributed by atoms with Crippen LogP contribution in [0.1, 0.15) is 49.1 Å². The lowest BCUT2D eigenvalue weighted by Crippen LogP contribution is -2.39. The Bertz CT molecular complexity index is 1180. The summed E-state index contributed by atoms with van der Waals surface area (Å²) in [4.78, 5) is 16.5. The molecular weight excluding hydrogens is 374 g/mol. The molecule has 0 aromatic carbocycles. The predicted octanol–water partition coefficient (Wildman–Crippen LogP) is 4.02. The highest BCUT2D eigenvalue weighted by Gasteiger charge is 2.28. The highest BCUT2D eigenvalue weighted by molar-refractivity contribution is 5.61. The van der Waals surface area contributed by atoms with E-state index >= 15 is 0 Å². The van der Waals surface area contributed by atoms with Crippen molar-refractivity contribution < 1.29 is 0 Å². The van der Waals surface area contributed by atoms with Crippen molar-refractivity contribution >= 4 is 11.6 Å². The molecule has 4 aromatic heterocycles. The Hall–Kier alpha value is -3.22. The van der Waals surface area contributed by atoms with Gasteiger partial charge in [0.2, 0.25) is 5.95 Å². The van der Waals surface area contributed by atoms with Gasteiger partial charge in [0.1, 0.15) is 5.65 Å². The minimum Gasteiger partial charge on any atom is -0.340 e. The van der Waals surface area contributed by atoms with Gasteiger partial charge in [0, 0.05) is 37.6 Å². The fourth-order valence-electron chi connectivity index (χ4n) is 4.73. The Kier molecular flexibility index (Phi) is 4.07. The summed E-state index contributed by atoms with van der Waals surface area (Å²) >= 11 is 0. The smallest absolute Gasteiger partial charge is 0.225 e. The molecule has 0 radical (unpaired) electrons. The Labute approximate surface area is 175 Å². The number of imidazole rings is 1. The zero-order chi connectivity index (χ0) is 20.1. The molecule has 5 heterocycles. The standard InChI is InChI=1S/C23H25N7/c1-15-8-18(19-9-26-27-10-19)13-29(12-15)23-24-7-6-20(28-23)21-11-25-22-5-4-17(14-30(21)22)16-2-3-16/h4-7,9-11,14-16,18H,2-3,8,12-13H2,1H3,(H,26,27)/t15-,18-/m0/s1. The number of aromatic amines is 1. The van der Waals surface area contributed by atoms with E-state index in [1.54, 1.807) is 0 Å². The van der Waals surface area contributed by atoms with Gasteiger partial charge in [-0.3, -0.25) is 9.50 Å². The third kappa shape index (κ3) is 3.14. The van der Waals surface area contributed by atoms with Crippen LogP contribution in [0.25, 0.3) is 17.0 Å². The van der Waals surface area contributed by atoms with Crippen LogP contribution in [0, 0.1) is 5.92 Å². The summed E-state index contributed by atoms with van der Waals surface area (Å²) in [6, 6.07) is 6.30. The zero-order valence-corrected chi connectivity index (χ0v) is 17.1. The van der Waals surface area contributed by atoms with Gasteiger partial charge in [-0.1, -0.05) is 13.0 Å². The van der Waals surface area contributed by atoms with Crippen LogP contribution in [-0.4, -0.2) is 42.6 Å². The minimum absolute atomic E-state index is 0.441. The van der Waals surface area contributed by atoms with Gasteiger partial charge in [0.25, 0.3) is 0 Å². The van der Waals surface area contributed by atoms with Crippen molar-refractivity contribution in [2.75, 3.05) is 18.0 Å². The number of fused-ring (bicyclic) bond motifs is 1. The van der Waals surface area contributed by atoms with Crippen molar-refractivity contribution in [2.24, 2.45) is 5.92 Å². The van der Waals surface area contributed by atoms with Gasteiger partial charge in [-0.25, -0.2) is 15.0 Å². The molecule has 30 heavy (non-hydrogen) atoms. The molecule has 2 fully saturated rings. The fourth-order valence-corrected chi connectivity index (χ4v) is 4.73. The third-order valence-electron chi connectivity index (χ3n) is 6.42. The number of aromatic nitrogens is 6. The van der Waals surface area contributed by atoms with Crippen LogP contribution in [0.5, 0.6) is 0 Å². The molecule has 7 nitrogen and oxygen atoms in total. The Morgan fingerprint density at radius 3 is 2.77 bits per heavy atom. The van der Waals surface area contributed by atoms with Gasteiger partial charge in [-0.2, -0.15) is 5.10 Å². The zero-order valence-electron chi connectivity index (χ0n) is 17.1. The lowest BCUT2D eigenvalue weighted by atomic mass is 9.87. The van der Waals surface area contributed by atoms with E-state index < -0.39 is 0 Å². The topological polar surface area (TPSA) is 75.0 Å². The van der Waals surface area contributed by atoms with Crippen molar-refractivity contribution in [1.82, 2.24) is 29.5 Å². The minimum atomic E-state index is 0.441. The van der Waals surface area contributed by atoms with Crippen LogP contribution >= 0.6 is 0 Å². The first-order chi connectivity index (χ1) is 14.7. The molecule has 1 saturated carbocycles. The molecule has 0 spiro atoms. The second-order valence-corrected chi connectivity index (χ2v) is 8.82. The fraction of sp³-hybridized carbons (Fsp3) is 0.391. The van der Waals surface area contributed by atoms with E-state index in [0.717, 1.165) is 42.5 Å². The molecule has 1 saturated heterocycles. The third-order valence-corrected chi connectivity index (χ3v) is 6.42. The summed E-state index contributed by atoms with van der Waals surface area (Å²) in [5, 5.41) is 7.08. The van der Waals surface area contributed by atoms with E-state index in [1.165, 1.54) is 24.0 Å². The molecule has 0 bridgehead atoms. The highest BCUT2D eigenvalue weighted by atomic mass is 15.3. The first kappa shape index (κ1) is 17.6. The summed E-state index contributed by atoms with van der Waals surface area (Å²) in [6.45, 7) is 4.18. The Morgan fingerprint density at radius 1 is 1.00 bits per heavy atom. The molecule has 152 valence electrons. The van der Waals surface area contributed by atoms with Crippen molar-refractivity contribution in [2.45, 2.75) is 38.0 Å². The van der Waals surface area contributed by atoms with Crippen molar-refractivity contribution in [3.05, 3.63) is 60.3 Å². The molecule has 2 aliphatic rings. The van der Waals surface area contributed by atoms with E-state index in [-0.39, 0.29) is 0 Å². The number of hydrogen-bond acceptors (Lipinski definition) is 5. The van der Waals surface area contributed by atoms with Crippen LogP contribution in [-0.2, 0) is 0 Å². The number of nitrogens with zero attached hydrogens (tertiary/aromatic N) is 6. The van der Waals surface area contributed by atoms with Gasteiger partial charge in [0.05, 0.1) is 23.8 Å². The maximum Gasteiger partial charge on any atom is 0.225 e. The number of pyridine rings is 1. The van der Waals surface area contributed by atoms with Crippen LogP contribution in [0.3, 0.4) is 0 Å². The van der Waals surface area contributed by atoms with Gasteiger partial charge >= 0.3 is 0 Å². The number of hydrogen-bond donors (Lipinski definition) is 1. The van der Waals surface area contributed by atoms with E-state index in [4.69, 9.17) is 4.98 Å². The number of rotatable bonds is 4. The average Bonchev–Trinajstić information content (AvgIpc) is 3.31. The molecule has 1 aliphatic heterocycles. The number of piperidine rings is 1. The molecular formula is C23H25N7. The van der Waals surface area contributed by atoms with Gasteiger partial charge in [0.15, 0.2) is 0 Å². The summed E-state index contributed by atoms with van der Waals surface area (Å²) in [7, 11) is 0. The van der Waals surface area contributed by atoms with E-state index in [2.05, 4.69) is 54.7 Å². The van der Waals surface area contributed by atoms with Crippen molar-refractivity contribution in [3.8, 4) is 11.4 Å². The monoisotopic (exact) mass is 399 g/mol. The molecule has 1 N–H and O–H groups in total. The summed E-state index contributed by atoms with van der Waals surface area (Å²) < 4.78 is 2.17. The van der Waals surface area contributed by atoms with Crippen LogP contribution in [0.4, 0.5) is 5.95 Å². The summed E-state index contributed by atoms with van der Waals surface area (Å²) in [5.74, 6) is 2.51. The summed E-state index contributed by atoms with van der Waals surface area (Å²) in [5.41, 5.74) is 5.55. The predicted molar refractivity (Wildman–Crippen MR) is 116 cm³/mol. The Balaban J connectivity index is 1.34. The maximum absolute atomic E-state index is 4.96. The highest BCUT2D eigenvalue weighted by Crippen LogP contribution is 2.40. The number of H-pyrrole nitrogens is 1. The number of nitrogens with one attached hydrogen (secondary N) is 1. The molecule has 1 aliphatic carbocycles. The van der Waals surface area contributed by atoms with Crippen molar-refractivity contribution in [3.63, 3.8) is 0 Å². The molecule has 4 aromatic rings. The first-order valence-electron chi connectivity index (χ1n) is 10.8. The van der Waals surface area contributed by atoms with E-state index in [0.29, 0.717) is 17.8 Å². The Morgan fingerprint density at radius 2 is 1.93 bits per heavy atom. The van der Waals surface area contributed by atoms with Gasteiger partial charge in [-0.05, 0) is 54.4 Å². The van der Waals surface area contributed by atoms with Crippen LogP contribution in [0.15, 0.2) is 49.2 Å². The quantitative estimate of drug-likeness (QED) is 0.561. The normalized spacial score (nSPS) is 22.0. The molecule has 0 unspecified atom stereocenters. The SMILES string of the molecule is C[C@H]1C[C@H](c2cn[nH]c2)CN(c2nccc(-c3cnc4ccc(C5CC5)cn34)n2)C1. The number of anilines is 1. The molecule has 7 heteroatoms. The van der Waals surface area contributed by atoms with Crippen LogP contribution in [0.2, 0.25) is 0 Å². The molecule has 2 atom stereocenters. The van der Waals surface area contributed by atoms with E-state index in [9.17, 15) is 0 Å².